The maximum Gasteiger partial charge on any atom is 0.252 e. The van der Waals surface area contributed by atoms with Gasteiger partial charge < -0.3 is 16.3 Å². The molecule has 1 fully saturated rings. The Balaban J connectivity index is 2.18. The molecule has 1 amide bonds. The Morgan fingerprint density at radius 1 is 1.32 bits per heavy atom. The van der Waals surface area contributed by atoms with Gasteiger partial charge in [-0.15, -0.1) is 0 Å². The van der Waals surface area contributed by atoms with Crippen molar-refractivity contribution < 1.29 is 14.4 Å². The van der Waals surface area contributed by atoms with E-state index in [-0.39, 0.29) is 11.7 Å². The third-order valence-corrected chi connectivity index (χ3v) is 3.51. The maximum atomic E-state index is 12.8. The average molecular weight is 265 g/mol. The lowest BCUT2D eigenvalue weighted by molar-refractivity contribution is 0.0922. The molecule has 1 aliphatic carbocycles. The number of amides is 1. The van der Waals surface area contributed by atoms with Crippen LogP contribution < -0.4 is 11.1 Å². The molecule has 0 saturated heterocycles. The minimum Gasteiger partial charge on any atom is -0.409 e. The van der Waals surface area contributed by atoms with Crippen LogP contribution >= 0.6 is 0 Å². The second-order valence-corrected chi connectivity index (χ2v) is 4.74. The second-order valence-electron chi connectivity index (χ2n) is 4.74. The van der Waals surface area contributed by atoms with Gasteiger partial charge in [-0.25, -0.2) is 4.39 Å². The summed E-state index contributed by atoms with van der Waals surface area (Å²) in [5.74, 6) is -0.738. The highest BCUT2D eigenvalue weighted by atomic mass is 19.1. The Labute approximate surface area is 110 Å². The Hall–Kier alpha value is -2.11. The summed E-state index contributed by atoms with van der Waals surface area (Å²) in [6.07, 6.45) is 3.07. The van der Waals surface area contributed by atoms with Gasteiger partial charge in [0.2, 0.25) is 0 Å². The SMILES string of the molecule is N/C(=N/O)C1(NC(=O)c2ccc(F)cc2)CCCC1. The zero-order valence-corrected chi connectivity index (χ0v) is 10.4. The van der Waals surface area contributed by atoms with Crippen LogP contribution in [0.15, 0.2) is 29.4 Å². The van der Waals surface area contributed by atoms with Crippen LogP contribution in [-0.4, -0.2) is 22.5 Å². The largest absolute Gasteiger partial charge is 0.409 e. The van der Waals surface area contributed by atoms with Gasteiger partial charge in [0.25, 0.3) is 5.91 Å². The predicted octanol–water partition coefficient (Wildman–Crippen LogP) is 1.61. The minimum atomic E-state index is -0.791. The molecule has 1 aromatic rings. The number of nitrogens with one attached hydrogen (secondary N) is 1. The van der Waals surface area contributed by atoms with E-state index in [0.717, 1.165) is 12.8 Å². The monoisotopic (exact) mass is 265 g/mol. The highest BCUT2D eigenvalue weighted by molar-refractivity contribution is 6.00. The summed E-state index contributed by atoms with van der Waals surface area (Å²) < 4.78 is 12.8. The Morgan fingerprint density at radius 2 is 1.89 bits per heavy atom. The van der Waals surface area contributed by atoms with Crippen molar-refractivity contribution in [2.24, 2.45) is 10.9 Å². The Morgan fingerprint density at radius 3 is 2.42 bits per heavy atom. The Bertz CT molecular complexity index is 493. The number of carbonyl (C=O) groups excluding carboxylic acids is 1. The molecule has 0 aliphatic heterocycles. The Kier molecular flexibility index (Phi) is 3.69. The van der Waals surface area contributed by atoms with E-state index in [0.29, 0.717) is 18.4 Å². The van der Waals surface area contributed by atoms with Crippen LogP contribution in [0.25, 0.3) is 0 Å². The summed E-state index contributed by atoms with van der Waals surface area (Å²) in [5, 5.41) is 14.7. The highest BCUT2D eigenvalue weighted by Crippen LogP contribution is 2.30. The number of rotatable bonds is 3. The molecule has 19 heavy (non-hydrogen) atoms. The predicted molar refractivity (Wildman–Crippen MR) is 68.5 cm³/mol. The summed E-state index contributed by atoms with van der Waals surface area (Å²) in [7, 11) is 0. The second kappa shape index (κ2) is 5.26. The van der Waals surface area contributed by atoms with Gasteiger partial charge in [-0.1, -0.05) is 18.0 Å². The maximum absolute atomic E-state index is 12.8. The molecular formula is C13H16FN3O2. The van der Waals surface area contributed by atoms with Gasteiger partial charge >= 0.3 is 0 Å². The van der Waals surface area contributed by atoms with Crippen molar-refractivity contribution in [3.8, 4) is 0 Å². The van der Waals surface area contributed by atoms with E-state index in [2.05, 4.69) is 10.5 Å². The summed E-state index contributed by atoms with van der Waals surface area (Å²) in [6.45, 7) is 0. The van der Waals surface area contributed by atoms with E-state index in [1.54, 1.807) is 0 Å². The van der Waals surface area contributed by atoms with Crippen LogP contribution in [0.1, 0.15) is 36.0 Å². The van der Waals surface area contributed by atoms with Crippen LogP contribution in [0.3, 0.4) is 0 Å². The van der Waals surface area contributed by atoms with Crippen molar-refractivity contribution in [3.63, 3.8) is 0 Å². The smallest absolute Gasteiger partial charge is 0.252 e. The number of oxime groups is 1. The first-order valence-corrected chi connectivity index (χ1v) is 6.13. The number of benzene rings is 1. The number of hydrogen-bond acceptors (Lipinski definition) is 3. The quantitative estimate of drug-likeness (QED) is 0.336. The zero-order chi connectivity index (χ0) is 13.9. The molecule has 0 aromatic heterocycles. The van der Waals surface area contributed by atoms with E-state index >= 15 is 0 Å². The van der Waals surface area contributed by atoms with Crippen molar-refractivity contribution in [3.05, 3.63) is 35.6 Å². The lowest BCUT2D eigenvalue weighted by atomic mass is 9.95. The lowest BCUT2D eigenvalue weighted by Gasteiger charge is -2.28. The fraction of sp³-hybridized carbons (Fsp3) is 0.385. The standard InChI is InChI=1S/C13H16FN3O2/c14-10-5-3-9(4-6-10)11(18)16-13(12(15)17-19)7-1-2-8-13/h3-6,19H,1-2,7-8H2,(H2,15,17)(H,16,18). The third-order valence-electron chi connectivity index (χ3n) is 3.51. The van der Waals surface area contributed by atoms with Gasteiger partial charge in [0.15, 0.2) is 5.84 Å². The molecule has 5 nitrogen and oxygen atoms in total. The molecule has 2 rings (SSSR count). The van der Waals surface area contributed by atoms with E-state index in [4.69, 9.17) is 10.9 Å². The number of amidine groups is 1. The van der Waals surface area contributed by atoms with Gasteiger partial charge in [-0.05, 0) is 37.1 Å². The first-order valence-electron chi connectivity index (χ1n) is 6.13. The van der Waals surface area contributed by atoms with Gasteiger partial charge in [-0.3, -0.25) is 4.79 Å². The molecule has 6 heteroatoms. The first kappa shape index (κ1) is 13.3. The number of nitrogens with zero attached hydrogens (tertiary/aromatic N) is 1. The number of halogens is 1. The highest BCUT2D eigenvalue weighted by Gasteiger charge is 2.39. The van der Waals surface area contributed by atoms with E-state index in [1.807, 2.05) is 0 Å². The van der Waals surface area contributed by atoms with Crippen LogP contribution in [0.2, 0.25) is 0 Å². The average Bonchev–Trinajstić information content (AvgIpc) is 2.88. The van der Waals surface area contributed by atoms with Crippen LogP contribution in [0, 0.1) is 5.82 Å². The minimum absolute atomic E-state index is 0.0143. The summed E-state index contributed by atoms with van der Waals surface area (Å²) in [6, 6.07) is 5.25. The third kappa shape index (κ3) is 2.67. The lowest BCUT2D eigenvalue weighted by Crippen LogP contribution is -2.55. The van der Waals surface area contributed by atoms with Crippen molar-refractivity contribution in [1.29, 1.82) is 0 Å². The van der Waals surface area contributed by atoms with Crippen LogP contribution in [-0.2, 0) is 0 Å². The molecule has 0 spiro atoms. The van der Waals surface area contributed by atoms with Crippen molar-refractivity contribution >= 4 is 11.7 Å². The fourth-order valence-corrected chi connectivity index (χ4v) is 2.41. The molecule has 4 N–H and O–H groups in total. The normalized spacial score (nSPS) is 18.3. The molecule has 1 aliphatic rings. The molecule has 1 saturated carbocycles. The molecule has 1 aromatic carbocycles. The number of carbonyl (C=O) groups is 1. The van der Waals surface area contributed by atoms with Gasteiger partial charge in [0.05, 0.1) is 0 Å². The van der Waals surface area contributed by atoms with Crippen LogP contribution in [0.4, 0.5) is 4.39 Å². The molecular weight excluding hydrogens is 249 g/mol. The summed E-state index contributed by atoms with van der Waals surface area (Å²) in [5.41, 5.74) is 5.24. The topological polar surface area (TPSA) is 87.7 Å². The molecule has 0 heterocycles. The van der Waals surface area contributed by atoms with Crippen molar-refractivity contribution in [1.82, 2.24) is 5.32 Å². The zero-order valence-electron chi connectivity index (χ0n) is 10.4. The molecule has 0 radical (unpaired) electrons. The molecule has 0 unspecified atom stereocenters. The number of hydrogen-bond donors (Lipinski definition) is 3. The summed E-state index contributed by atoms with van der Waals surface area (Å²) in [4.78, 5) is 12.1. The van der Waals surface area contributed by atoms with Crippen molar-refractivity contribution in [2.75, 3.05) is 0 Å². The molecule has 0 atom stereocenters. The first-order chi connectivity index (χ1) is 9.07. The van der Waals surface area contributed by atoms with Gasteiger partial charge in [-0.2, -0.15) is 0 Å². The molecule has 102 valence electrons. The van der Waals surface area contributed by atoms with E-state index in [1.165, 1.54) is 24.3 Å². The van der Waals surface area contributed by atoms with E-state index < -0.39 is 11.4 Å². The van der Waals surface area contributed by atoms with Crippen molar-refractivity contribution in [2.45, 2.75) is 31.2 Å². The molecule has 0 bridgehead atoms. The summed E-state index contributed by atoms with van der Waals surface area (Å²) >= 11 is 0. The van der Waals surface area contributed by atoms with Gasteiger partial charge in [0, 0.05) is 5.56 Å². The van der Waals surface area contributed by atoms with Gasteiger partial charge in [0.1, 0.15) is 11.4 Å². The van der Waals surface area contributed by atoms with E-state index in [9.17, 15) is 9.18 Å². The number of nitrogens with two attached hydrogens (primary N) is 1. The van der Waals surface area contributed by atoms with Crippen LogP contribution in [0.5, 0.6) is 0 Å². The fourth-order valence-electron chi connectivity index (χ4n) is 2.41.